The number of rotatable bonds is 6. The first-order chi connectivity index (χ1) is 11.1. The zero-order chi connectivity index (χ0) is 16.2. The highest BCUT2D eigenvalue weighted by molar-refractivity contribution is 5.74. The maximum absolute atomic E-state index is 13.2. The van der Waals surface area contributed by atoms with Crippen molar-refractivity contribution in [3.05, 3.63) is 54.1 Å². The Balaban J connectivity index is 1.39. The molecular weight excluding hydrogens is 295 g/mol. The molecule has 2 aromatic rings. The van der Waals surface area contributed by atoms with E-state index < -0.39 is 0 Å². The van der Waals surface area contributed by atoms with E-state index in [4.69, 9.17) is 0 Å². The Labute approximate surface area is 134 Å². The van der Waals surface area contributed by atoms with Gasteiger partial charge in [0.25, 0.3) is 0 Å². The molecule has 122 valence electrons. The van der Waals surface area contributed by atoms with Crippen LogP contribution in [0.2, 0.25) is 0 Å². The quantitative estimate of drug-likeness (QED) is 0.860. The lowest BCUT2D eigenvalue weighted by molar-refractivity contribution is 0.238. The van der Waals surface area contributed by atoms with Gasteiger partial charge < -0.3 is 10.6 Å². The third-order valence-corrected chi connectivity index (χ3v) is 4.05. The molecule has 0 spiro atoms. The van der Waals surface area contributed by atoms with Crippen LogP contribution in [0.15, 0.2) is 42.7 Å². The molecule has 2 amide bonds. The normalized spacial score (nSPS) is 20.8. The predicted molar refractivity (Wildman–Crippen MR) is 85.5 cm³/mol. The van der Waals surface area contributed by atoms with Gasteiger partial charge in [-0.1, -0.05) is 19.1 Å². The van der Waals surface area contributed by atoms with E-state index in [2.05, 4.69) is 22.7 Å². The predicted octanol–water partition coefficient (Wildman–Crippen LogP) is 2.51. The Kier molecular flexibility index (Phi) is 4.60. The van der Waals surface area contributed by atoms with Crippen molar-refractivity contribution in [1.82, 2.24) is 20.4 Å². The summed E-state index contributed by atoms with van der Waals surface area (Å²) in [6.45, 7) is 3.42. The lowest BCUT2D eigenvalue weighted by Gasteiger charge is -2.13. The standard InChI is InChI=1S/C17H21FN4O/c1-12(11-22-7-3-6-20-22)10-19-17(23)21-16-9-15(16)13-4-2-5-14(18)8-13/h2-8,12,15-16H,9-11H2,1H3,(H2,19,21,23)/t12-,15-,16+/m0/s1. The average molecular weight is 316 g/mol. The van der Waals surface area contributed by atoms with Gasteiger partial charge in [0.2, 0.25) is 0 Å². The van der Waals surface area contributed by atoms with Crippen LogP contribution in [0.25, 0.3) is 0 Å². The first-order valence-corrected chi connectivity index (χ1v) is 7.89. The number of amides is 2. The van der Waals surface area contributed by atoms with Crippen molar-refractivity contribution in [2.45, 2.75) is 31.8 Å². The second kappa shape index (κ2) is 6.81. The number of urea groups is 1. The lowest BCUT2D eigenvalue weighted by Crippen LogP contribution is -2.40. The maximum Gasteiger partial charge on any atom is 0.315 e. The van der Waals surface area contributed by atoms with E-state index >= 15 is 0 Å². The van der Waals surface area contributed by atoms with Crippen LogP contribution in [0, 0.1) is 11.7 Å². The average Bonchev–Trinajstić information content (AvgIpc) is 3.09. The number of nitrogens with one attached hydrogen (secondary N) is 2. The van der Waals surface area contributed by atoms with Crippen molar-refractivity contribution in [3.63, 3.8) is 0 Å². The third-order valence-electron chi connectivity index (χ3n) is 4.05. The highest BCUT2D eigenvalue weighted by Gasteiger charge is 2.39. The molecule has 0 saturated heterocycles. The van der Waals surface area contributed by atoms with Crippen molar-refractivity contribution in [1.29, 1.82) is 0 Å². The second-order valence-electron chi connectivity index (χ2n) is 6.19. The van der Waals surface area contributed by atoms with Crippen LogP contribution in [-0.2, 0) is 6.54 Å². The molecule has 1 fully saturated rings. The molecule has 1 aliphatic carbocycles. The van der Waals surface area contributed by atoms with E-state index in [1.807, 2.05) is 23.0 Å². The Hall–Kier alpha value is -2.37. The van der Waals surface area contributed by atoms with E-state index in [0.717, 1.165) is 18.5 Å². The molecule has 3 atom stereocenters. The van der Waals surface area contributed by atoms with Gasteiger partial charge in [-0.05, 0) is 36.1 Å². The van der Waals surface area contributed by atoms with Crippen molar-refractivity contribution in [2.24, 2.45) is 5.92 Å². The summed E-state index contributed by atoms with van der Waals surface area (Å²) < 4.78 is 15.1. The Morgan fingerprint density at radius 1 is 1.48 bits per heavy atom. The SMILES string of the molecule is C[C@@H](CNC(=O)N[C@@H]1C[C@H]1c1cccc(F)c1)Cn1cccn1. The van der Waals surface area contributed by atoms with Gasteiger partial charge in [0.1, 0.15) is 5.82 Å². The molecule has 0 bridgehead atoms. The lowest BCUT2D eigenvalue weighted by atomic mass is 10.1. The number of halogens is 1. The molecule has 2 N–H and O–H groups in total. The van der Waals surface area contributed by atoms with E-state index in [-0.39, 0.29) is 23.8 Å². The van der Waals surface area contributed by atoms with Gasteiger partial charge in [0.15, 0.2) is 0 Å². The molecule has 5 nitrogen and oxygen atoms in total. The van der Waals surface area contributed by atoms with Gasteiger partial charge in [-0.3, -0.25) is 4.68 Å². The zero-order valence-corrected chi connectivity index (χ0v) is 13.1. The zero-order valence-electron chi connectivity index (χ0n) is 13.1. The summed E-state index contributed by atoms with van der Waals surface area (Å²) in [6, 6.07) is 8.39. The summed E-state index contributed by atoms with van der Waals surface area (Å²) in [5.41, 5.74) is 0.947. The molecule has 0 unspecified atom stereocenters. The number of nitrogens with zero attached hydrogens (tertiary/aromatic N) is 2. The summed E-state index contributed by atoms with van der Waals surface area (Å²) in [5, 5.41) is 9.98. The Morgan fingerprint density at radius 3 is 3.09 bits per heavy atom. The van der Waals surface area contributed by atoms with Gasteiger partial charge in [-0.15, -0.1) is 0 Å². The van der Waals surface area contributed by atoms with Gasteiger partial charge in [0, 0.05) is 37.4 Å². The minimum Gasteiger partial charge on any atom is -0.338 e. The van der Waals surface area contributed by atoms with Crippen molar-refractivity contribution < 1.29 is 9.18 Å². The van der Waals surface area contributed by atoms with Gasteiger partial charge in [-0.25, -0.2) is 9.18 Å². The van der Waals surface area contributed by atoms with Crippen molar-refractivity contribution in [2.75, 3.05) is 6.54 Å². The van der Waals surface area contributed by atoms with E-state index in [0.29, 0.717) is 12.5 Å². The first-order valence-electron chi connectivity index (χ1n) is 7.89. The van der Waals surface area contributed by atoms with Crippen LogP contribution < -0.4 is 10.6 Å². The summed E-state index contributed by atoms with van der Waals surface area (Å²) in [4.78, 5) is 11.9. The second-order valence-corrected chi connectivity index (χ2v) is 6.19. The number of aromatic nitrogens is 2. The largest absolute Gasteiger partial charge is 0.338 e. The fraction of sp³-hybridized carbons (Fsp3) is 0.412. The minimum atomic E-state index is -0.231. The number of carbonyl (C=O) groups is 1. The van der Waals surface area contributed by atoms with Crippen LogP contribution in [0.5, 0.6) is 0 Å². The number of hydrogen-bond acceptors (Lipinski definition) is 2. The molecule has 6 heteroatoms. The van der Waals surface area contributed by atoms with Crippen LogP contribution in [0.4, 0.5) is 9.18 Å². The molecule has 3 rings (SSSR count). The van der Waals surface area contributed by atoms with Gasteiger partial charge >= 0.3 is 6.03 Å². The highest BCUT2D eigenvalue weighted by atomic mass is 19.1. The third kappa shape index (κ3) is 4.31. The summed E-state index contributed by atoms with van der Waals surface area (Å²) in [7, 11) is 0. The van der Waals surface area contributed by atoms with Crippen molar-refractivity contribution in [3.8, 4) is 0 Å². The molecule has 0 aliphatic heterocycles. The molecule has 1 aromatic carbocycles. The van der Waals surface area contributed by atoms with Crippen LogP contribution >= 0.6 is 0 Å². The topological polar surface area (TPSA) is 59.0 Å². The summed E-state index contributed by atoms with van der Waals surface area (Å²) in [6.07, 6.45) is 4.51. The number of carbonyl (C=O) groups excluding carboxylic acids is 1. The first kappa shape index (κ1) is 15.5. The van der Waals surface area contributed by atoms with E-state index in [1.165, 1.54) is 12.1 Å². The molecule has 1 heterocycles. The van der Waals surface area contributed by atoms with Gasteiger partial charge in [-0.2, -0.15) is 5.10 Å². The van der Waals surface area contributed by atoms with Crippen molar-refractivity contribution >= 4 is 6.03 Å². The molecular formula is C17H21FN4O. The van der Waals surface area contributed by atoms with E-state index in [9.17, 15) is 9.18 Å². The minimum absolute atomic E-state index is 0.0956. The summed E-state index contributed by atoms with van der Waals surface area (Å²) >= 11 is 0. The van der Waals surface area contributed by atoms with Crippen LogP contribution in [0.1, 0.15) is 24.8 Å². The van der Waals surface area contributed by atoms with Crippen LogP contribution in [0.3, 0.4) is 0 Å². The van der Waals surface area contributed by atoms with E-state index in [1.54, 1.807) is 12.3 Å². The molecule has 0 radical (unpaired) electrons. The maximum atomic E-state index is 13.2. The fourth-order valence-electron chi connectivity index (χ4n) is 2.74. The number of hydrogen-bond donors (Lipinski definition) is 2. The highest BCUT2D eigenvalue weighted by Crippen LogP contribution is 2.40. The summed E-state index contributed by atoms with van der Waals surface area (Å²) in [5.74, 6) is 0.280. The Bertz CT molecular complexity index is 658. The fourth-order valence-corrected chi connectivity index (χ4v) is 2.74. The number of benzene rings is 1. The molecule has 1 aliphatic rings. The monoisotopic (exact) mass is 316 g/mol. The van der Waals surface area contributed by atoms with Crippen LogP contribution in [-0.4, -0.2) is 28.4 Å². The molecule has 1 saturated carbocycles. The molecule has 1 aromatic heterocycles. The van der Waals surface area contributed by atoms with Gasteiger partial charge in [0.05, 0.1) is 0 Å². The molecule has 23 heavy (non-hydrogen) atoms. The Morgan fingerprint density at radius 2 is 2.35 bits per heavy atom. The smallest absolute Gasteiger partial charge is 0.315 e.